The summed E-state index contributed by atoms with van der Waals surface area (Å²) in [5.74, 6) is -2.95. The lowest BCUT2D eigenvalue weighted by atomic mass is 9.98. The number of aryl methyl sites for hydroxylation is 1. The Bertz CT molecular complexity index is 1100. The van der Waals surface area contributed by atoms with Crippen LogP contribution in [0.5, 0.6) is 5.75 Å². The molecule has 0 spiro atoms. The number of hydrogen-bond acceptors (Lipinski definition) is 5. The highest BCUT2D eigenvalue weighted by Crippen LogP contribution is 2.26. The largest absolute Gasteiger partial charge is 0.484 e. The van der Waals surface area contributed by atoms with Gasteiger partial charge in [0.05, 0.1) is 0 Å². The number of sulfonamides is 1. The monoisotopic (exact) mass is 467 g/mol. The molecule has 2 aromatic rings. The van der Waals surface area contributed by atoms with E-state index < -0.39 is 44.3 Å². The van der Waals surface area contributed by atoms with Crippen molar-refractivity contribution in [3.05, 3.63) is 59.7 Å². The van der Waals surface area contributed by atoms with Crippen molar-refractivity contribution in [1.29, 1.82) is 0 Å². The minimum atomic E-state index is -4.23. The lowest BCUT2D eigenvalue weighted by molar-refractivity contribution is -0.132. The number of halogens is 2. The second-order valence-electron chi connectivity index (χ2n) is 7.40. The number of hydrogen-bond donors (Lipinski definition) is 2. The summed E-state index contributed by atoms with van der Waals surface area (Å²) < 4.78 is 58.9. The van der Waals surface area contributed by atoms with Crippen LogP contribution in [-0.4, -0.2) is 44.2 Å². The average Bonchev–Trinajstić information content (AvgIpc) is 2.77. The summed E-state index contributed by atoms with van der Waals surface area (Å²) in [5, 5.41) is 0. The van der Waals surface area contributed by atoms with Crippen LogP contribution in [0.15, 0.2) is 47.4 Å². The molecule has 0 unspecified atom stereocenters. The summed E-state index contributed by atoms with van der Waals surface area (Å²) in [6.45, 7) is 1.51. The minimum Gasteiger partial charge on any atom is -0.484 e. The third-order valence-electron chi connectivity index (χ3n) is 5.02. The fourth-order valence-electron chi connectivity index (χ4n) is 3.30. The van der Waals surface area contributed by atoms with Gasteiger partial charge in [0, 0.05) is 19.0 Å². The topological polar surface area (TPSA) is 105 Å². The first-order chi connectivity index (χ1) is 15.2. The predicted octanol–water partition coefficient (Wildman–Crippen LogP) is 1.90. The molecule has 1 fully saturated rings. The lowest BCUT2D eigenvalue weighted by Crippen LogP contribution is -2.49. The zero-order valence-corrected chi connectivity index (χ0v) is 18.1. The maximum absolute atomic E-state index is 13.9. The summed E-state index contributed by atoms with van der Waals surface area (Å²) >= 11 is 0. The molecule has 0 radical (unpaired) electrons. The Morgan fingerprint density at radius 3 is 2.50 bits per heavy atom. The maximum Gasteiger partial charge on any atom is 0.276 e. The molecular formula is C21H23F2N3O5S. The molecule has 0 atom stereocenters. The van der Waals surface area contributed by atoms with Gasteiger partial charge in [-0.2, -0.15) is 4.31 Å². The van der Waals surface area contributed by atoms with Crippen LogP contribution in [0.4, 0.5) is 8.78 Å². The minimum absolute atomic E-state index is 0.0409. The molecule has 2 amide bonds. The Kier molecular flexibility index (Phi) is 7.41. The van der Waals surface area contributed by atoms with Crippen molar-refractivity contribution in [3.63, 3.8) is 0 Å². The fourth-order valence-corrected chi connectivity index (χ4v) is 4.84. The van der Waals surface area contributed by atoms with Gasteiger partial charge in [0.15, 0.2) is 6.61 Å². The van der Waals surface area contributed by atoms with Crippen LogP contribution in [0.1, 0.15) is 18.4 Å². The van der Waals surface area contributed by atoms with Crippen molar-refractivity contribution in [2.24, 2.45) is 5.92 Å². The second kappa shape index (κ2) is 10.0. The van der Waals surface area contributed by atoms with E-state index >= 15 is 0 Å². The third-order valence-corrected chi connectivity index (χ3v) is 6.93. The Labute approximate surface area is 184 Å². The van der Waals surface area contributed by atoms with Crippen LogP contribution in [0.3, 0.4) is 0 Å². The van der Waals surface area contributed by atoms with E-state index in [-0.39, 0.29) is 32.5 Å². The first kappa shape index (κ1) is 23.6. The molecule has 0 aliphatic carbocycles. The Hall–Kier alpha value is -3.05. The molecular weight excluding hydrogens is 444 g/mol. The molecule has 1 saturated heterocycles. The molecule has 1 aliphatic rings. The van der Waals surface area contributed by atoms with Crippen molar-refractivity contribution >= 4 is 21.8 Å². The molecule has 2 N–H and O–H groups in total. The van der Waals surface area contributed by atoms with Gasteiger partial charge in [0.25, 0.3) is 5.91 Å². The zero-order chi connectivity index (χ0) is 23.3. The van der Waals surface area contributed by atoms with Gasteiger partial charge in [-0.15, -0.1) is 0 Å². The second-order valence-corrected chi connectivity index (χ2v) is 9.30. The van der Waals surface area contributed by atoms with Crippen molar-refractivity contribution < 1.29 is 31.5 Å². The van der Waals surface area contributed by atoms with Crippen LogP contribution >= 0.6 is 0 Å². The van der Waals surface area contributed by atoms with Crippen LogP contribution in [-0.2, 0) is 19.6 Å². The Morgan fingerprint density at radius 2 is 1.81 bits per heavy atom. The fraction of sp³-hybridized carbons (Fsp3) is 0.333. The van der Waals surface area contributed by atoms with E-state index in [0.29, 0.717) is 11.8 Å². The smallest absolute Gasteiger partial charge is 0.276 e. The van der Waals surface area contributed by atoms with Crippen molar-refractivity contribution in [2.75, 3.05) is 19.7 Å². The number of carbonyl (C=O) groups excluding carboxylic acids is 2. The normalized spacial score (nSPS) is 15.2. The number of hydrazine groups is 1. The molecule has 32 heavy (non-hydrogen) atoms. The highest BCUT2D eigenvalue weighted by molar-refractivity contribution is 7.89. The van der Waals surface area contributed by atoms with E-state index in [1.165, 1.54) is 0 Å². The zero-order valence-electron chi connectivity index (χ0n) is 17.3. The van der Waals surface area contributed by atoms with Crippen molar-refractivity contribution in [1.82, 2.24) is 15.2 Å². The average molecular weight is 467 g/mol. The Balaban J connectivity index is 1.47. The molecule has 2 aromatic carbocycles. The van der Waals surface area contributed by atoms with Crippen LogP contribution in [0.25, 0.3) is 0 Å². The van der Waals surface area contributed by atoms with Crippen LogP contribution in [0, 0.1) is 24.5 Å². The number of nitrogens with zero attached hydrogens (tertiary/aromatic N) is 1. The van der Waals surface area contributed by atoms with Gasteiger partial charge in [0.2, 0.25) is 15.9 Å². The van der Waals surface area contributed by atoms with Crippen LogP contribution < -0.4 is 15.6 Å². The van der Waals surface area contributed by atoms with E-state index in [1.54, 1.807) is 18.2 Å². The summed E-state index contributed by atoms with van der Waals surface area (Å²) in [7, 11) is -4.23. The van der Waals surface area contributed by atoms with E-state index in [9.17, 15) is 26.8 Å². The van der Waals surface area contributed by atoms with Crippen LogP contribution in [0.2, 0.25) is 0 Å². The number of ether oxygens (including phenoxy) is 1. The van der Waals surface area contributed by atoms with Gasteiger partial charge in [-0.3, -0.25) is 20.4 Å². The molecule has 0 bridgehead atoms. The van der Waals surface area contributed by atoms with Gasteiger partial charge < -0.3 is 4.74 Å². The SMILES string of the molecule is Cc1cccc(OCC(=O)NNC(=O)C2CCN(S(=O)(=O)c3cc(F)ccc3F)CC2)c1. The van der Waals surface area contributed by atoms with Gasteiger partial charge in [0.1, 0.15) is 22.3 Å². The third kappa shape index (κ3) is 5.80. The molecule has 11 heteroatoms. The number of nitrogens with one attached hydrogen (secondary N) is 2. The predicted molar refractivity (Wildman–Crippen MR) is 111 cm³/mol. The highest BCUT2D eigenvalue weighted by Gasteiger charge is 2.33. The molecule has 0 aromatic heterocycles. The number of benzene rings is 2. The number of amides is 2. The van der Waals surface area contributed by atoms with Crippen molar-refractivity contribution in [3.8, 4) is 5.75 Å². The molecule has 172 valence electrons. The van der Waals surface area contributed by atoms with E-state index in [2.05, 4.69) is 10.9 Å². The van der Waals surface area contributed by atoms with Gasteiger partial charge in [-0.25, -0.2) is 17.2 Å². The van der Waals surface area contributed by atoms with Gasteiger partial charge in [-0.1, -0.05) is 12.1 Å². The summed E-state index contributed by atoms with van der Waals surface area (Å²) in [5.41, 5.74) is 5.54. The maximum atomic E-state index is 13.9. The molecule has 1 heterocycles. The molecule has 8 nitrogen and oxygen atoms in total. The summed E-state index contributed by atoms with van der Waals surface area (Å²) in [6, 6.07) is 9.38. The Morgan fingerprint density at radius 1 is 1.09 bits per heavy atom. The van der Waals surface area contributed by atoms with Crippen molar-refractivity contribution in [2.45, 2.75) is 24.7 Å². The molecule has 0 saturated carbocycles. The van der Waals surface area contributed by atoms with Gasteiger partial charge >= 0.3 is 0 Å². The number of carbonyl (C=O) groups is 2. The van der Waals surface area contributed by atoms with Gasteiger partial charge in [-0.05, 0) is 55.7 Å². The summed E-state index contributed by atoms with van der Waals surface area (Å²) in [6.07, 6.45) is 0.329. The molecule has 3 rings (SSSR count). The first-order valence-corrected chi connectivity index (χ1v) is 11.3. The molecule has 1 aliphatic heterocycles. The van der Waals surface area contributed by atoms with E-state index in [1.807, 2.05) is 13.0 Å². The highest BCUT2D eigenvalue weighted by atomic mass is 32.2. The first-order valence-electron chi connectivity index (χ1n) is 9.90. The van der Waals surface area contributed by atoms with E-state index in [0.717, 1.165) is 22.0 Å². The number of piperidine rings is 1. The summed E-state index contributed by atoms with van der Waals surface area (Å²) in [4.78, 5) is 23.5. The number of rotatable bonds is 6. The standard InChI is InChI=1S/C21H23F2N3O5S/c1-14-3-2-4-17(11-14)31-13-20(27)24-25-21(28)15-7-9-26(10-8-15)32(29,30)19-12-16(22)5-6-18(19)23/h2-6,11-12,15H,7-10,13H2,1H3,(H,24,27)(H,25,28). The quantitative estimate of drug-likeness (QED) is 0.632. The van der Waals surface area contributed by atoms with E-state index in [4.69, 9.17) is 4.74 Å². The lowest BCUT2D eigenvalue weighted by Gasteiger charge is -2.30.